The van der Waals surface area contributed by atoms with E-state index in [1.54, 1.807) is 7.05 Å². The number of ether oxygens (including phenoxy) is 4. The van der Waals surface area contributed by atoms with Gasteiger partial charge in [-0.05, 0) is 6.07 Å². The molecule has 0 saturated heterocycles. The highest BCUT2D eigenvalue weighted by molar-refractivity contribution is 5.94. The van der Waals surface area contributed by atoms with E-state index < -0.39 is 23.9 Å². The van der Waals surface area contributed by atoms with Crippen LogP contribution in [0.25, 0.3) is 0 Å². The normalized spacial score (nSPS) is 9.32. The van der Waals surface area contributed by atoms with Crippen molar-refractivity contribution in [3.05, 3.63) is 54.9 Å². The summed E-state index contributed by atoms with van der Waals surface area (Å²) in [5, 5.41) is 0. The van der Waals surface area contributed by atoms with Crippen molar-refractivity contribution in [3.8, 4) is 0 Å². The van der Waals surface area contributed by atoms with Gasteiger partial charge in [-0.15, -0.1) is 0 Å². The zero-order valence-corrected chi connectivity index (χ0v) is 17.4. The Morgan fingerprint density at radius 1 is 0.821 bits per heavy atom. The number of nitrogens with zero attached hydrogens (tertiary/aromatic N) is 1. The highest BCUT2D eigenvalue weighted by Crippen LogP contribution is 2.05. The molecule has 0 saturated carbocycles. The first kappa shape index (κ1) is 25.2. The molecule has 0 N–H and O–H groups in total. The summed E-state index contributed by atoms with van der Waals surface area (Å²) >= 11 is 0. The van der Waals surface area contributed by atoms with Gasteiger partial charge < -0.3 is 42.9 Å². The summed E-state index contributed by atoms with van der Waals surface area (Å²) in [6.07, 6.45) is 4.91. The van der Waals surface area contributed by atoms with Gasteiger partial charge in [-0.25, -0.2) is 23.7 Å². The molecule has 1 aromatic heterocycles. The van der Waals surface area contributed by atoms with Crippen LogP contribution in [0.1, 0.15) is 20.7 Å². The summed E-state index contributed by atoms with van der Waals surface area (Å²) in [6, 6.07) is 1.30. The number of pyridine rings is 1. The average molecular weight is 505 g/mol. The van der Waals surface area contributed by atoms with Gasteiger partial charge in [0.05, 0.1) is 0 Å². The molecule has 0 radical (unpaired) electrons. The monoisotopic (exact) mass is 505 g/mol. The Morgan fingerprint density at radius 3 is 1.54 bits per heavy atom. The van der Waals surface area contributed by atoms with Crippen LogP contribution >= 0.6 is 0 Å². The quantitative estimate of drug-likeness (QED) is 0.0844. The standard InChI is InChI=1S/C18H20NO8.HI/c1-4-15(20)24-6-8-26-17(22)13-10-14(12-19(3)11-13)18(23)27-9-7-25-16(21)5-2;/h4-5,10-12H,1-2,6-9H2,3H3;1H/q+1;/p-1. The molecule has 0 atom stereocenters. The van der Waals surface area contributed by atoms with Gasteiger partial charge in [0.1, 0.15) is 44.6 Å². The maximum atomic E-state index is 12.0. The molecule has 0 spiro atoms. The Morgan fingerprint density at radius 2 is 1.18 bits per heavy atom. The second-order valence-corrected chi connectivity index (χ2v) is 4.99. The number of aromatic nitrogens is 1. The summed E-state index contributed by atoms with van der Waals surface area (Å²) in [7, 11) is 1.62. The largest absolute Gasteiger partial charge is 1.00 e. The number of carbonyl (C=O) groups is 4. The van der Waals surface area contributed by atoms with E-state index in [0.717, 1.165) is 12.2 Å². The van der Waals surface area contributed by atoms with Crippen LogP contribution in [-0.4, -0.2) is 50.3 Å². The minimum atomic E-state index is -0.699. The highest BCUT2D eigenvalue weighted by atomic mass is 127. The van der Waals surface area contributed by atoms with Crippen LogP contribution < -0.4 is 28.5 Å². The van der Waals surface area contributed by atoms with Crippen molar-refractivity contribution in [1.29, 1.82) is 0 Å². The SMILES string of the molecule is C=CC(=O)OCCOC(=O)c1cc(C(=O)OCCOC(=O)C=C)c[n+](C)c1.[I-]. The van der Waals surface area contributed by atoms with Crippen LogP contribution in [0.2, 0.25) is 0 Å². The summed E-state index contributed by atoms with van der Waals surface area (Å²) < 4.78 is 20.8. The van der Waals surface area contributed by atoms with Gasteiger partial charge >= 0.3 is 23.9 Å². The first-order valence-corrected chi connectivity index (χ1v) is 7.80. The number of hydrogen-bond donors (Lipinski definition) is 0. The van der Waals surface area contributed by atoms with Gasteiger partial charge in [0.25, 0.3) is 0 Å². The Hall–Kier alpha value is -2.76. The molecule has 0 fully saturated rings. The number of hydrogen-bond acceptors (Lipinski definition) is 8. The molecule has 9 nitrogen and oxygen atoms in total. The minimum Gasteiger partial charge on any atom is -1.00 e. The number of aryl methyl sites for hydroxylation is 1. The lowest BCUT2D eigenvalue weighted by Crippen LogP contribution is -3.00. The second kappa shape index (κ2) is 13.4. The Bertz CT molecular complexity index is 689. The molecule has 0 aliphatic carbocycles. The Kier molecular flexibility index (Phi) is 12.1. The topological polar surface area (TPSA) is 109 Å². The van der Waals surface area contributed by atoms with E-state index in [9.17, 15) is 19.2 Å². The van der Waals surface area contributed by atoms with E-state index in [2.05, 4.69) is 22.6 Å². The Labute approximate surface area is 178 Å². The second-order valence-electron chi connectivity index (χ2n) is 4.99. The fourth-order valence-electron chi connectivity index (χ4n) is 1.78. The molecule has 0 amide bonds. The van der Waals surface area contributed by atoms with Gasteiger partial charge in [-0.3, -0.25) is 0 Å². The molecular weight excluding hydrogens is 485 g/mol. The predicted octanol–water partition coefficient (Wildman–Crippen LogP) is -2.71. The van der Waals surface area contributed by atoms with E-state index >= 15 is 0 Å². The molecule has 0 aliphatic heterocycles. The van der Waals surface area contributed by atoms with Gasteiger partial charge in [-0.1, -0.05) is 13.2 Å². The number of carbonyl (C=O) groups excluding carboxylic acids is 4. The summed E-state index contributed by atoms with van der Waals surface area (Å²) in [6.45, 7) is 5.95. The molecule has 0 aliphatic rings. The van der Waals surface area contributed by atoms with Gasteiger partial charge in [0.15, 0.2) is 12.4 Å². The molecule has 1 rings (SSSR count). The maximum absolute atomic E-state index is 12.0. The Balaban J connectivity index is 0.00000729. The van der Waals surface area contributed by atoms with Crippen LogP contribution in [0, 0.1) is 0 Å². The molecule has 28 heavy (non-hydrogen) atoms. The first-order chi connectivity index (χ1) is 12.9. The fraction of sp³-hybridized carbons (Fsp3) is 0.278. The van der Waals surface area contributed by atoms with Crippen LogP contribution in [0.4, 0.5) is 0 Å². The lowest BCUT2D eigenvalue weighted by Gasteiger charge is -2.07. The first-order valence-electron chi connectivity index (χ1n) is 7.80. The third-order valence-electron chi connectivity index (χ3n) is 2.92. The molecule has 0 unspecified atom stereocenters. The third-order valence-corrected chi connectivity index (χ3v) is 2.92. The van der Waals surface area contributed by atoms with E-state index in [-0.39, 0.29) is 61.5 Å². The predicted molar refractivity (Wildman–Crippen MR) is 90.5 cm³/mol. The van der Waals surface area contributed by atoms with E-state index in [1.807, 2.05) is 0 Å². The van der Waals surface area contributed by atoms with Crippen LogP contribution in [0.15, 0.2) is 43.8 Å². The van der Waals surface area contributed by atoms with Crippen LogP contribution in [0.3, 0.4) is 0 Å². The van der Waals surface area contributed by atoms with Gasteiger partial charge in [0, 0.05) is 12.2 Å². The molecule has 0 bridgehead atoms. The lowest BCUT2D eigenvalue weighted by molar-refractivity contribution is -0.671. The van der Waals surface area contributed by atoms with Crippen molar-refractivity contribution in [2.45, 2.75) is 0 Å². The molecule has 1 heterocycles. The van der Waals surface area contributed by atoms with Gasteiger partial charge in [0.2, 0.25) is 0 Å². The van der Waals surface area contributed by atoms with Crippen LogP contribution in [0.5, 0.6) is 0 Å². The van der Waals surface area contributed by atoms with E-state index in [0.29, 0.717) is 0 Å². The van der Waals surface area contributed by atoms with Crippen molar-refractivity contribution >= 4 is 23.9 Å². The van der Waals surface area contributed by atoms with Crippen molar-refractivity contribution in [2.75, 3.05) is 26.4 Å². The number of halogens is 1. The lowest BCUT2D eigenvalue weighted by atomic mass is 10.2. The third kappa shape index (κ3) is 9.26. The highest BCUT2D eigenvalue weighted by Gasteiger charge is 2.18. The maximum Gasteiger partial charge on any atom is 0.344 e. The molecular formula is C18H20INO8. The van der Waals surface area contributed by atoms with Crippen LogP contribution in [-0.2, 0) is 35.6 Å². The zero-order valence-electron chi connectivity index (χ0n) is 15.2. The van der Waals surface area contributed by atoms with Crippen molar-refractivity contribution < 1.29 is 66.7 Å². The van der Waals surface area contributed by atoms with Crippen molar-refractivity contribution in [3.63, 3.8) is 0 Å². The molecule has 1 aromatic rings. The minimum absolute atomic E-state index is 0. The average Bonchev–Trinajstić information content (AvgIpc) is 2.67. The molecule has 0 aromatic carbocycles. The number of esters is 4. The van der Waals surface area contributed by atoms with E-state index in [1.165, 1.54) is 23.0 Å². The fourth-order valence-corrected chi connectivity index (χ4v) is 1.78. The van der Waals surface area contributed by atoms with Crippen molar-refractivity contribution in [2.24, 2.45) is 7.05 Å². The van der Waals surface area contributed by atoms with Gasteiger partial charge in [-0.2, -0.15) is 0 Å². The summed E-state index contributed by atoms with van der Waals surface area (Å²) in [5.74, 6) is -2.65. The van der Waals surface area contributed by atoms with Crippen molar-refractivity contribution in [1.82, 2.24) is 0 Å². The summed E-state index contributed by atoms with van der Waals surface area (Å²) in [4.78, 5) is 45.8. The molecule has 152 valence electrons. The zero-order chi connectivity index (χ0) is 20.2. The smallest absolute Gasteiger partial charge is 0.344 e. The number of rotatable bonds is 10. The summed E-state index contributed by atoms with van der Waals surface area (Å²) in [5.41, 5.74) is 0.222. The van der Waals surface area contributed by atoms with E-state index in [4.69, 9.17) is 9.47 Å². The molecule has 10 heteroatoms.